The number of pyridine rings is 1. The Morgan fingerprint density at radius 3 is 2.03 bits per heavy atom. The largest absolute Gasteiger partial charge is 0.461 e. The first kappa shape index (κ1) is 24.2. The summed E-state index contributed by atoms with van der Waals surface area (Å²) in [6.07, 6.45) is 7.97. The zero-order valence-corrected chi connectivity index (χ0v) is 18.7. The second-order valence-corrected chi connectivity index (χ2v) is 7.89. The highest BCUT2D eigenvalue weighted by Crippen LogP contribution is 2.20. The summed E-state index contributed by atoms with van der Waals surface area (Å²) in [4.78, 5) is 28.5. The van der Waals surface area contributed by atoms with Gasteiger partial charge in [0.15, 0.2) is 0 Å². The summed E-state index contributed by atoms with van der Waals surface area (Å²) in [6.45, 7) is 2.53. The zero-order valence-electron chi connectivity index (χ0n) is 17.2. The average molecular weight is 452 g/mol. The Morgan fingerprint density at radius 2 is 1.40 bits per heavy atom. The highest BCUT2D eigenvalue weighted by molar-refractivity contribution is 6.34. The van der Waals surface area contributed by atoms with E-state index in [1.165, 1.54) is 37.8 Å². The predicted octanol–water partition coefficient (Wildman–Crippen LogP) is 6.65. The van der Waals surface area contributed by atoms with Crippen molar-refractivity contribution in [3.05, 3.63) is 63.4 Å². The normalized spacial score (nSPS) is 10.6. The summed E-state index contributed by atoms with van der Waals surface area (Å²) in [5, 5.41) is 0.912. The van der Waals surface area contributed by atoms with Crippen molar-refractivity contribution in [3.63, 3.8) is 0 Å². The number of halogens is 2. The molecule has 0 fully saturated rings. The van der Waals surface area contributed by atoms with E-state index in [2.05, 4.69) is 11.9 Å². The summed E-state index contributed by atoms with van der Waals surface area (Å²) >= 11 is 11.9. The molecule has 1 aromatic heterocycles. The van der Waals surface area contributed by atoms with Gasteiger partial charge in [0.1, 0.15) is 18.0 Å². The van der Waals surface area contributed by atoms with E-state index in [0.717, 1.165) is 19.3 Å². The Bertz CT molecular complexity index is 821. The molecule has 0 saturated heterocycles. The van der Waals surface area contributed by atoms with Crippen LogP contribution in [-0.4, -0.2) is 23.5 Å². The van der Waals surface area contributed by atoms with Crippen LogP contribution in [0.3, 0.4) is 0 Å². The van der Waals surface area contributed by atoms with E-state index >= 15 is 0 Å². The smallest absolute Gasteiger partial charge is 0.357 e. The van der Waals surface area contributed by atoms with Crippen LogP contribution in [0.4, 0.5) is 0 Å². The molecule has 0 unspecified atom stereocenters. The van der Waals surface area contributed by atoms with Gasteiger partial charge in [-0.15, -0.1) is 0 Å². The number of rotatable bonds is 12. The Balaban J connectivity index is 1.78. The van der Waals surface area contributed by atoms with Gasteiger partial charge in [0.2, 0.25) is 0 Å². The second-order valence-electron chi connectivity index (χ2n) is 7.02. The van der Waals surface area contributed by atoms with E-state index in [4.69, 9.17) is 32.7 Å². The molecule has 0 aliphatic heterocycles. The molecule has 1 aromatic carbocycles. The van der Waals surface area contributed by atoms with Crippen molar-refractivity contribution >= 4 is 35.1 Å². The van der Waals surface area contributed by atoms with Gasteiger partial charge in [0.05, 0.1) is 6.61 Å². The number of hydrogen-bond donors (Lipinski definition) is 0. The van der Waals surface area contributed by atoms with Gasteiger partial charge in [0, 0.05) is 10.0 Å². The SMILES string of the molecule is CCCCCCCCCOC(=O)c1cccc(C(=O)OCc2cc(Cl)cc(Cl)c2)n1. The van der Waals surface area contributed by atoms with Crippen LogP contribution >= 0.6 is 23.2 Å². The fourth-order valence-electron chi connectivity index (χ4n) is 2.88. The number of carbonyl (C=O) groups excluding carboxylic acids is 2. The number of carbonyl (C=O) groups is 2. The number of esters is 2. The zero-order chi connectivity index (χ0) is 21.8. The molecule has 0 radical (unpaired) electrons. The van der Waals surface area contributed by atoms with Crippen molar-refractivity contribution in [3.8, 4) is 0 Å². The van der Waals surface area contributed by atoms with Crippen LogP contribution in [0.2, 0.25) is 10.0 Å². The van der Waals surface area contributed by atoms with Crippen LogP contribution in [0.25, 0.3) is 0 Å². The number of hydrogen-bond acceptors (Lipinski definition) is 5. The van der Waals surface area contributed by atoms with Gasteiger partial charge in [-0.3, -0.25) is 0 Å². The van der Waals surface area contributed by atoms with Gasteiger partial charge in [-0.1, -0.05) is 74.7 Å². The molecule has 0 amide bonds. The van der Waals surface area contributed by atoms with Crippen molar-refractivity contribution in [2.45, 2.75) is 58.5 Å². The topological polar surface area (TPSA) is 65.5 Å². The maximum atomic E-state index is 12.3. The lowest BCUT2D eigenvalue weighted by atomic mass is 10.1. The maximum absolute atomic E-state index is 12.3. The molecule has 7 heteroatoms. The van der Waals surface area contributed by atoms with Crippen molar-refractivity contribution in [2.75, 3.05) is 6.61 Å². The van der Waals surface area contributed by atoms with Gasteiger partial charge in [-0.05, 0) is 42.3 Å². The van der Waals surface area contributed by atoms with E-state index in [9.17, 15) is 9.59 Å². The van der Waals surface area contributed by atoms with Gasteiger partial charge in [0.25, 0.3) is 0 Å². The van der Waals surface area contributed by atoms with Gasteiger partial charge in [-0.25, -0.2) is 14.6 Å². The summed E-state index contributed by atoms with van der Waals surface area (Å²) in [6, 6.07) is 9.49. The minimum Gasteiger partial charge on any atom is -0.461 e. The lowest BCUT2D eigenvalue weighted by molar-refractivity contribution is 0.0463. The molecule has 2 rings (SSSR count). The van der Waals surface area contributed by atoms with E-state index < -0.39 is 11.9 Å². The molecule has 0 spiro atoms. The molecule has 0 atom stereocenters. The van der Waals surface area contributed by atoms with E-state index in [1.807, 2.05) is 0 Å². The fraction of sp³-hybridized carbons (Fsp3) is 0.435. The maximum Gasteiger partial charge on any atom is 0.357 e. The lowest BCUT2D eigenvalue weighted by Crippen LogP contribution is -2.13. The van der Waals surface area contributed by atoms with Crippen molar-refractivity contribution in [1.82, 2.24) is 4.98 Å². The Labute approximate surface area is 187 Å². The van der Waals surface area contributed by atoms with Gasteiger partial charge < -0.3 is 9.47 Å². The van der Waals surface area contributed by atoms with Crippen molar-refractivity contribution < 1.29 is 19.1 Å². The number of aromatic nitrogens is 1. The fourth-order valence-corrected chi connectivity index (χ4v) is 3.45. The number of benzene rings is 1. The predicted molar refractivity (Wildman–Crippen MR) is 118 cm³/mol. The minimum atomic E-state index is -0.646. The Hall–Kier alpha value is -2.11. The van der Waals surface area contributed by atoms with E-state index in [1.54, 1.807) is 24.3 Å². The highest BCUT2D eigenvalue weighted by atomic mass is 35.5. The molecule has 0 aliphatic carbocycles. The average Bonchev–Trinajstić information content (AvgIpc) is 2.73. The molecule has 0 N–H and O–H groups in total. The number of nitrogens with zero attached hydrogens (tertiary/aromatic N) is 1. The van der Waals surface area contributed by atoms with Crippen LogP contribution in [0.1, 0.15) is 78.4 Å². The number of ether oxygens (including phenoxy) is 2. The molecule has 1 heterocycles. The van der Waals surface area contributed by atoms with Gasteiger partial charge >= 0.3 is 11.9 Å². The van der Waals surface area contributed by atoms with Crippen molar-refractivity contribution in [1.29, 1.82) is 0 Å². The third-order valence-electron chi connectivity index (χ3n) is 4.44. The molecule has 30 heavy (non-hydrogen) atoms. The standard InChI is InChI=1S/C23H27Cl2NO4/c1-2-3-4-5-6-7-8-12-29-22(27)20-10-9-11-21(26-20)23(28)30-16-17-13-18(24)15-19(25)14-17/h9-11,13-15H,2-8,12,16H2,1H3. The van der Waals surface area contributed by atoms with Gasteiger partial charge in [-0.2, -0.15) is 0 Å². The monoisotopic (exact) mass is 451 g/mol. The molecule has 2 aromatic rings. The van der Waals surface area contributed by atoms with Crippen LogP contribution in [-0.2, 0) is 16.1 Å². The van der Waals surface area contributed by atoms with Crippen LogP contribution in [0, 0.1) is 0 Å². The minimum absolute atomic E-state index is 0.00623. The molecule has 0 bridgehead atoms. The molecular formula is C23H27Cl2NO4. The quantitative estimate of drug-likeness (QED) is 0.266. The van der Waals surface area contributed by atoms with Crippen LogP contribution in [0.5, 0.6) is 0 Å². The second kappa shape index (κ2) is 13.2. The third kappa shape index (κ3) is 8.72. The summed E-state index contributed by atoms with van der Waals surface area (Å²) in [7, 11) is 0. The number of unbranched alkanes of at least 4 members (excludes halogenated alkanes) is 6. The third-order valence-corrected chi connectivity index (χ3v) is 4.88. The molecule has 5 nitrogen and oxygen atoms in total. The molecule has 0 aliphatic rings. The van der Waals surface area contributed by atoms with E-state index in [0.29, 0.717) is 22.2 Å². The first-order chi connectivity index (χ1) is 14.5. The first-order valence-corrected chi connectivity index (χ1v) is 11.0. The van der Waals surface area contributed by atoms with Crippen LogP contribution in [0.15, 0.2) is 36.4 Å². The highest BCUT2D eigenvalue weighted by Gasteiger charge is 2.15. The lowest BCUT2D eigenvalue weighted by Gasteiger charge is -2.07. The molecule has 162 valence electrons. The summed E-state index contributed by atoms with van der Waals surface area (Å²) in [5.74, 6) is -1.19. The van der Waals surface area contributed by atoms with Crippen molar-refractivity contribution in [2.24, 2.45) is 0 Å². The van der Waals surface area contributed by atoms with Crippen LogP contribution < -0.4 is 0 Å². The Kier molecular flexibility index (Phi) is 10.7. The first-order valence-electron chi connectivity index (χ1n) is 10.3. The summed E-state index contributed by atoms with van der Waals surface area (Å²) in [5.41, 5.74) is 0.776. The molecule has 0 saturated carbocycles. The molecular weight excluding hydrogens is 425 g/mol. The Morgan fingerprint density at radius 1 is 0.833 bits per heavy atom. The summed E-state index contributed by atoms with van der Waals surface area (Å²) < 4.78 is 10.5. The van der Waals surface area contributed by atoms with E-state index in [-0.39, 0.29) is 18.0 Å².